The average Bonchev–Trinajstić information content (AvgIpc) is 2.76. The largest absolute Gasteiger partial charge is 0.468 e. The lowest BCUT2D eigenvalue weighted by atomic mass is 10.2. The van der Waals surface area contributed by atoms with Crippen molar-refractivity contribution in [3.8, 4) is 5.88 Å². The summed E-state index contributed by atoms with van der Waals surface area (Å²) in [7, 11) is 0. The van der Waals surface area contributed by atoms with Gasteiger partial charge in [0, 0.05) is 49.2 Å². The Hall–Kier alpha value is -3.01. The molecule has 2 heterocycles. The molecule has 1 aliphatic rings. The van der Waals surface area contributed by atoms with Gasteiger partial charge in [0.2, 0.25) is 11.8 Å². The first kappa shape index (κ1) is 22.7. The van der Waals surface area contributed by atoms with Crippen LogP contribution in [0.3, 0.4) is 0 Å². The summed E-state index contributed by atoms with van der Waals surface area (Å²) in [6.07, 6.45) is -3.38. The molecule has 31 heavy (non-hydrogen) atoms. The summed E-state index contributed by atoms with van der Waals surface area (Å²) in [5, 5.41) is 3.15. The fourth-order valence-electron chi connectivity index (χ4n) is 3.01. The first-order valence-electron chi connectivity index (χ1n) is 9.43. The van der Waals surface area contributed by atoms with Crippen molar-refractivity contribution in [2.24, 2.45) is 0 Å². The van der Waals surface area contributed by atoms with Crippen LogP contribution in [0.4, 0.5) is 18.9 Å². The summed E-state index contributed by atoms with van der Waals surface area (Å²) in [6, 6.07) is 9.93. The standard InChI is InChI=1S/C20H20ClF3N4O3/c21-15-2-1-3-16(10-15)27-6-8-28(9-7-27)18(29)12-26-19(30)14-4-5-17(25-11-14)31-13-20(22,23)24/h1-5,10-11H,6-9,12-13H2,(H,26,30). The van der Waals surface area contributed by atoms with E-state index in [4.69, 9.17) is 11.6 Å². The summed E-state index contributed by atoms with van der Waals surface area (Å²) in [4.78, 5) is 32.0. The van der Waals surface area contributed by atoms with E-state index in [0.717, 1.165) is 18.0 Å². The Morgan fingerprint density at radius 2 is 1.87 bits per heavy atom. The Labute approximate surface area is 181 Å². The number of amides is 2. The molecule has 0 atom stereocenters. The molecule has 3 rings (SSSR count). The number of hydrogen-bond donors (Lipinski definition) is 1. The molecule has 2 aromatic rings. The number of anilines is 1. The summed E-state index contributed by atoms with van der Waals surface area (Å²) in [5.74, 6) is -1.03. The summed E-state index contributed by atoms with van der Waals surface area (Å²) in [6.45, 7) is 0.641. The van der Waals surface area contributed by atoms with Gasteiger partial charge >= 0.3 is 6.18 Å². The highest BCUT2D eigenvalue weighted by molar-refractivity contribution is 6.30. The zero-order valence-corrected chi connectivity index (χ0v) is 17.1. The Bertz CT molecular complexity index is 917. The maximum atomic E-state index is 12.4. The molecule has 1 N–H and O–H groups in total. The maximum Gasteiger partial charge on any atom is 0.422 e. The second kappa shape index (κ2) is 9.86. The smallest absolute Gasteiger partial charge is 0.422 e. The molecular formula is C20H20ClF3N4O3. The number of nitrogens with zero attached hydrogens (tertiary/aromatic N) is 3. The van der Waals surface area contributed by atoms with E-state index in [1.165, 1.54) is 6.07 Å². The molecule has 0 radical (unpaired) electrons. The van der Waals surface area contributed by atoms with Crippen LogP contribution in [0.25, 0.3) is 0 Å². The van der Waals surface area contributed by atoms with Crippen LogP contribution >= 0.6 is 11.6 Å². The van der Waals surface area contributed by atoms with Crippen LogP contribution in [0, 0.1) is 0 Å². The second-order valence-corrected chi connectivity index (χ2v) is 7.26. The minimum atomic E-state index is -4.47. The molecule has 0 aliphatic carbocycles. The predicted molar refractivity (Wildman–Crippen MR) is 108 cm³/mol. The third kappa shape index (κ3) is 6.74. The number of aromatic nitrogens is 1. The normalized spacial score (nSPS) is 14.3. The van der Waals surface area contributed by atoms with Gasteiger partial charge in [-0.3, -0.25) is 9.59 Å². The molecule has 1 fully saturated rings. The van der Waals surface area contributed by atoms with Crippen LogP contribution in [-0.2, 0) is 4.79 Å². The Balaban J connectivity index is 1.44. The van der Waals surface area contributed by atoms with Gasteiger partial charge in [-0.05, 0) is 24.3 Å². The van der Waals surface area contributed by atoms with Crippen LogP contribution in [0.15, 0.2) is 42.6 Å². The van der Waals surface area contributed by atoms with Gasteiger partial charge in [-0.2, -0.15) is 13.2 Å². The predicted octanol–water partition coefficient (Wildman–Crippen LogP) is 2.75. The number of rotatable bonds is 6. The monoisotopic (exact) mass is 456 g/mol. The van der Waals surface area contributed by atoms with E-state index in [1.54, 1.807) is 11.0 Å². The average molecular weight is 457 g/mol. The van der Waals surface area contributed by atoms with Gasteiger partial charge in [-0.25, -0.2) is 4.98 Å². The fraction of sp³-hybridized carbons (Fsp3) is 0.350. The SMILES string of the molecule is O=C(NCC(=O)N1CCN(c2cccc(Cl)c2)CC1)c1ccc(OCC(F)(F)F)nc1. The minimum absolute atomic E-state index is 0.109. The van der Waals surface area contributed by atoms with Crippen molar-refractivity contribution >= 4 is 29.1 Å². The van der Waals surface area contributed by atoms with E-state index < -0.39 is 18.7 Å². The minimum Gasteiger partial charge on any atom is -0.468 e. The van der Waals surface area contributed by atoms with Gasteiger partial charge < -0.3 is 19.9 Å². The van der Waals surface area contributed by atoms with E-state index in [9.17, 15) is 22.8 Å². The molecule has 0 spiro atoms. The molecule has 1 saturated heterocycles. The number of ether oxygens (including phenoxy) is 1. The first-order valence-corrected chi connectivity index (χ1v) is 9.81. The van der Waals surface area contributed by atoms with Crippen molar-refractivity contribution in [1.29, 1.82) is 0 Å². The maximum absolute atomic E-state index is 12.4. The highest BCUT2D eigenvalue weighted by Crippen LogP contribution is 2.21. The topological polar surface area (TPSA) is 74.8 Å². The number of pyridine rings is 1. The molecule has 0 bridgehead atoms. The van der Waals surface area contributed by atoms with Crippen molar-refractivity contribution in [2.75, 3.05) is 44.2 Å². The van der Waals surface area contributed by atoms with E-state index in [1.807, 2.05) is 18.2 Å². The number of carbonyl (C=O) groups is 2. The molecule has 0 unspecified atom stereocenters. The van der Waals surface area contributed by atoms with E-state index >= 15 is 0 Å². The van der Waals surface area contributed by atoms with Crippen LogP contribution in [0.5, 0.6) is 5.88 Å². The molecule has 1 aromatic heterocycles. The lowest BCUT2D eigenvalue weighted by Crippen LogP contribution is -2.51. The van der Waals surface area contributed by atoms with Crippen LogP contribution in [0.1, 0.15) is 10.4 Å². The third-order valence-electron chi connectivity index (χ3n) is 4.59. The van der Waals surface area contributed by atoms with Crippen molar-refractivity contribution in [3.05, 3.63) is 53.2 Å². The Kier molecular flexibility index (Phi) is 7.21. The third-order valence-corrected chi connectivity index (χ3v) is 4.82. The van der Waals surface area contributed by atoms with Gasteiger partial charge in [0.15, 0.2) is 6.61 Å². The summed E-state index contributed by atoms with van der Waals surface area (Å²) in [5.41, 5.74) is 1.10. The highest BCUT2D eigenvalue weighted by Gasteiger charge is 2.28. The zero-order chi connectivity index (χ0) is 22.4. The number of alkyl halides is 3. The Morgan fingerprint density at radius 3 is 2.48 bits per heavy atom. The van der Waals surface area contributed by atoms with Crippen LogP contribution in [-0.4, -0.2) is 67.2 Å². The van der Waals surface area contributed by atoms with Gasteiger partial charge in [-0.1, -0.05) is 17.7 Å². The zero-order valence-electron chi connectivity index (χ0n) is 16.4. The Morgan fingerprint density at radius 1 is 1.13 bits per heavy atom. The molecule has 1 aromatic carbocycles. The van der Waals surface area contributed by atoms with Gasteiger partial charge in [-0.15, -0.1) is 0 Å². The number of hydrogen-bond acceptors (Lipinski definition) is 5. The van der Waals surface area contributed by atoms with E-state index in [0.29, 0.717) is 31.2 Å². The number of piperazine rings is 1. The molecule has 166 valence electrons. The van der Waals surface area contributed by atoms with E-state index in [-0.39, 0.29) is 23.9 Å². The van der Waals surface area contributed by atoms with Crippen molar-refractivity contribution in [3.63, 3.8) is 0 Å². The first-order chi connectivity index (χ1) is 14.7. The number of halogens is 4. The van der Waals surface area contributed by atoms with Crippen molar-refractivity contribution in [1.82, 2.24) is 15.2 Å². The van der Waals surface area contributed by atoms with Crippen molar-refractivity contribution < 1.29 is 27.5 Å². The molecule has 0 saturated carbocycles. The number of nitrogens with one attached hydrogen (secondary N) is 1. The molecular weight excluding hydrogens is 437 g/mol. The lowest BCUT2D eigenvalue weighted by molar-refractivity contribution is -0.154. The molecule has 2 amide bonds. The quantitative estimate of drug-likeness (QED) is 0.723. The number of benzene rings is 1. The highest BCUT2D eigenvalue weighted by atomic mass is 35.5. The summed E-state index contributed by atoms with van der Waals surface area (Å²) >= 11 is 6.02. The van der Waals surface area contributed by atoms with Gasteiger partial charge in [0.05, 0.1) is 12.1 Å². The van der Waals surface area contributed by atoms with Crippen molar-refractivity contribution in [2.45, 2.75) is 6.18 Å². The molecule has 11 heteroatoms. The second-order valence-electron chi connectivity index (χ2n) is 6.82. The molecule has 7 nitrogen and oxygen atoms in total. The van der Waals surface area contributed by atoms with Gasteiger partial charge in [0.1, 0.15) is 0 Å². The number of carbonyl (C=O) groups excluding carboxylic acids is 2. The van der Waals surface area contributed by atoms with E-state index in [2.05, 4.69) is 19.9 Å². The van der Waals surface area contributed by atoms with Crippen LogP contribution < -0.4 is 15.0 Å². The molecule has 1 aliphatic heterocycles. The summed E-state index contributed by atoms with van der Waals surface area (Å²) < 4.78 is 40.9. The van der Waals surface area contributed by atoms with Gasteiger partial charge in [0.25, 0.3) is 5.91 Å². The van der Waals surface area contributed by atoms with Crippen LogP contribution in [0.2, 0.25) is 5.02 Å². The lowest BCUT2D eigenvalue weighted by Gasteiger charge is -2.36. The fourth-order valence-corrected chi connectivity index (χ4v) is 3.20.